The van der Waals surface area contributed by atoms with Crippen molar-refractivity contribution in [3.8, 4) is 5.75 Å². The molecular formula is C15H22O3. The van der Waals surface area contributed by atoms with Gasteiger partial charge in [-0.3, -0.25) is 0 Å². The molecule has 0 aromatic heterocycles. The van der Waals surface area contributed by atoms with Crippen LogP contribution in [0.25, 0.3) is 0 Å². The van der Waals surface area contributed by atoms with Gasteiger partial charge in [-0.05, 0) is 17.9 Å². The molecule has 18 heavy (non-hydrogen) atoms. The topological polar surface area (TPSA) is 35.5 Å². The van der Waals surface area contributed by atoms with Gasteiger partial charge in [0.2, 0.25) is 0 Å². The zero-order valence-corrected chi connectivity index (χ0v) is 11.7. The Morgan fingerprint density at radius 2 is 1.89 bits per heavy atom. The minimum Gasteiger partial charge on any atom is -0.434 e. The Hall–Kier alpha value is -1.51. The summed E-state index contributed by atoms with van der Waals surface area (Å²) in [5.41, 5.74) is 0.928. The first-order valence-corrected chi connectivity index (χ1v) is 6.39. The first-order chi connectivity index (χ1) is 8.45. The van der Waals surface area contributed by atoms with Gasteiger partial charge in [-0.2, -0.15) is 0 Å². The lowest BCUT2D eigenvalue weighted by atomic mass is 9.86. The highest BCUT2D eigenvalue weighted by molar-refractivity contribution is 5.64. The summed E-state index contributed by atoms with van der Waals surface area (Å²) in [6, 6.07) is 7.55. The van der Waals surface area contributed by atoms with E-state index in [2.05, 4.69) is 20.8 Å². The molecule has 0 heterocycles. The van der Waals surface area contributed by atoms with Crippen molar-refractivity contribution in [1.29, 1.82) is 0 Å². The molecule has 0 aliphatic heterocycles. The van der Waals surface area contributed by atoms with E-state index in [1.165, 1.54) is 0 Å². The minimum absolute atomic E-state index is 0.0692. The highest BCUT2D eigenvalue weighted by Crippen LogP contribution is 2.31. The van der Waals surface area contributed by atoms with E-state index in [4.69, 9.17) is 9.47 Å². The van der Waals surface area contributed by atoms with Gasteiger partial charge in [0.1, 0.15) is 5.75 Å². The van der Waals surface area contributed by atoms with Gasteiger partial charge in [0, 0.05) is 5.56 Å². The second-order valence-corrected chi connectivity index (χ2v) is 5.30. The van der Waals surface area contributed by atoms with Crippen LogP contribution in [-0.4, -0.2) is 12.8 Å². The lowest BCUT2D eigenvalue weighted by Crippen LogP contribution is -2.17. The molecule has 0 bridgehead atoms. The van der Waals surface area contributed by atoms with Gasteiger partial charge in [0.15, 0.2) is 0 Å². The molecule has 1 aromatic carbocycles. The zero-order valence-electron chi connectivity index (χ0n) is 11.7. The number of hydrogen-bond donors (Lipinski definition) is 0. The van der Waals surface area contributed by atoms with Gasteiger partial charge < -0.3 is 9.47 Å². The molecule has 0 saturated heterocycles. The summed E-state index contributed by atoms with van der Waals surface area (Å²) in [6.07, 6.45) is 1.22. The Bertz CT molecular complexity index is 391. The number of benzene rings is 1. The Morgan fingerprint density at radius 3 is 2.50 bits per heavy atom. The molecule has 3 nitrogen and oxygen atoms in total. The highest BCUT2D eigenvalue weighted by atomic mass is 16.7. The van der Waals surface area contributed by atoms with Gasteiger partial charge in [-0.25, -0.2) is 4.79 Å². The van der Waals surface area contributed by atoms with Crippen molar-refractivity contribution in [2.45, 2.75) is 46.0 Å². The molecule has 0 radical (unpaired) electrons. The van der Waals surface area contributed by atoms with Crippen molar-refractivity contribution >= 4 is 6.16 Å². The third-order valence-corrected chi connectivity index (χ3v) is 2.61. The predicted molar refractivity (Wildman–Crippen MR) is 72.0 cm³/mol. The second-order valence-electron chi connectivity index (χ2n) is 5.30. The van der Waals surface area contributed by atoms with Crippen LogP contribution < -0.4 is 4.74 Å². The number of carbonyl (C=O) groups excluding carboxylic acids is 1. The quantitative estimate of drug-likeness (QED) is 0.454. The molecule has 0 amide bonds. The molecule has 0 unspecified atom stereocenters. The molecule has 0 fully saturated rings. The van der Waals surface area contributed by atoms with E-state index in [-0.39, 0.29) is 5.41 Å². The number of rotatable bonds is 4. The average Bonchev–Trinajstić information content (AvgIpc) is 2.28. The second kappa shape index (κ2) is 6.43. The molecular weight excluding hydrogens is 228 g/mol. The van der Waals surface area contributed by atoms with E-state index < -0.39 is 6.16 Å². The van der Waals surface area contributed by atoms with Gasteiger partial charge in [0.25, 0.3) is 0 Å². The van der Waals surface area contributed by atoms with Crippen molar-refractivity contribution in [2.75, 3.05) is 6.61 Å². The van der Waals surface area contributed by atoms with E-state index in [1.807, 2.05) is 25.1 Å². The molecule has 3 heteroatoms. The largest absolute Gasteiger partial charge is 0.513 e. The molecule has 100 valence electrons. The van der Waals surface area contributed by atoms with Crippen molar-refractivity contribution in [3.05, 3.63) is 29.8 Å². The fourth-order valence-corrected chi connectivity index (χ4v) is 1.59. The molecule has 0 atom stereocenters. The van der Waals surface area contributed by atoms with Crippen LogP contribution in [0.15, 0.2) is 24.3 Å². The van der Waals surface area contributed by atoms with Crippen LogP contribution in [0.4, 0.5) is 4.79 Å². The summed E-state index contributed by atoms with van der Waals surface area (Å²) in [5, 5.41) is 0. The van der Waals surface area contributed by atoms with Crippen LogP contribution in [0.3, 0.4) is 0 Å². The fourth-order valence-electron chi connectivity index (χ4n) is 1.59. The molecule has 1 aromatic rings. The maximum atomic E-state index is 11.5. The first kappa shape index (κ1) is 14.6. The SMILES string of the molecule is CCCCOC(=O)Oc1ccccc1C(C)(C)C. The van der Waals surface area contributed by atoms with E-state index >= 15 is 0 Å². The Labute approximate surface area is 109 Å². The molecule has 0 spiro atoms. The van der Waals surface area contributed by atoms with Gasteiger partial charge in [0.05, 0.1) is 6.61 Å². The van der Waals surface area contributed by atoms with Crippen LogP contribution in [0.2, 0.25) is 0 Å². The number of carbonyl (C=O) groups is 1. The van der Waals surface area contributed by atoms with Gasteiger partial charge in [-0.15, -0.1) is 0 Å². The zero-order chi connectivity index (χ0) is 13.6. The molecule has 0 aliphatic rings. The number of hydrogen-bond acceptors (Lipinski definition) is 3. The fraction of sp³-hybridized carbons (Fsp3) is 0.533. The minimum atomic E-state index is -0.625. The number of unbranched alkanes of at least 4 members (excludes halogenated alkanes) is 1. The maximum Gasteiger partial charge on any atom is 0.513 e. The van der Waals surface area contributed by atoms with Crippen LogP contribution in [-0.2, 0) is 10.2 Å². The Kier molecular flexibility index (Phi) is 5.20. The van der Waals surface area contributed by atoms with Crippen molar-refractivity contribution < 1.29 is 14.3 Å². The summed E-state index contributed by atoms with van der Waals surface area (Å²) in [5.74, 6) is 0.575. The average molecular weight is 250 g/mol. The van der Waals surface area contributed by atoms with E-state index in [0.29, 0.717) is 12.4 Å². The van der Waals surface area contributed by atoms with E-state index in [9.17, 15) is 4.79 Å². The van der Waals surface area contributed by atoms with Crippen molar-refractivity contribution in [2.24, 2.45) is 0 Å². The third-order valence-electron chi connectivity index (χ3n) is 2.61. The lowest BCUT2D eigenvalue weighted by molar-refractivity contribution is 0.0972. The summed E-state index contributed by atoms with van der Waals surface area (Å²) in [7, 11) is 0. The van der Waals surface area contributed by atoms with Crippen molar-refractivity contribution in [1.82, 2.24) is 0 Å². The normalized spacial score (nSPS) is 11.1. The van der Waals surface area contributed by atoms with Crippen LogP contribution in [0.1, 0.15) is 46.1 Å². The van der Waals surface area contributed by atoms with Crippen LogP contribution in [0.5, 0.6) is 5.75 Å². The Morgan fingerprint density at radius 1 is 1.22 bits per heavy atom. The monoisotopic (exact) mass is 250 g/mol. The molecule has 0 N–H and O–H groups in total. The molecule has 0 aliphatic carbocycles. The van der Waals surface area contributed by atoms with E-state index in [0.717, 1.165) is 18.4 Å². The van der Waals surface area contributed by atoms with Gasteiger partial charge >= 0.3 is 6.16 Å². The molecule has 0 saturated carbocycles. The van der Waals surface area contributed by atoms with Crippen LogP contribution >= 0.6 is 0 Å². The summed E-state index contributed by atoms with van der Waals surface area (Å²) < 4.78 is 10.3. The highest BCUT2D eigenvalue weighted by Gasteiger charge is 2.20. The van der Waals surface area contributed by atoms with Crippen molar-refractivity contribution in [3.63, 3.8) is 0 Å². The van der Waals surface area contributed by atoms with Gasteiger partial charge in [-0.1, -0.05) is 52.3 Å². The summed E-state index contributed by atoms with van der Waals surface area (Å²) in [4.78, 5) is 11.5. The van der Waals surface area contributed by atoms with Crippen LogP contribution in [0, 0.1) is 0 Å². The lowest BCUT2D eigenvalue weighted by Gasteiger charge is -2.21. The maximum absolute atomic E-state index is 11.5. The predicted octanol–water partition coefficient (Wildman–Crippen LogP) is 4.30. The third kappa shape index (κ3) is 4.40. The number of para-hydroxylation sites is 1. The molecule has 1 rings (SSSR count). The standard InChI is InChI=1S/C15H22O3/c1-5-6-11-17-14(16)18-13-10-8-7-9-12(13)15(2,3)4/h7-10H,5-6,11H2,1-4H3. The Balaban J connectivity index is 2.70. The first-order valence-electron chi connectivity index (χ1n) is 6.39. The van der Waals surface area contributed by atoms with E-state index in [1.54, 1.807) is 6.07 Å². The number of ether oxygens (including phenoxy) is 2. The smallest absolute Gasteiger partial charge is 0.434 e. The summed E-state index contributed by atoms with van der Waals surface area (Å²) >= 11 is 0. The summed E-state index contributed by atoms with van der Waals surface area (Å²) in [6.45, 7) is 8.70.